The molecular formula is C14H21ClFNO. The van der Waals surface area contributed by atoms with Crippen LogP contribution in [0.1, 0.15) is 32.3 Å². The third-order valence-electron chi connectivity index (χ3n) is 2.89. The van der Waals surface area contributed by atoms with Gasteiger partial charge in [0.1, 0.15) is 5.82 Å². The van der Waals surface area contributed by atoms with Crippen molar-refractivity contribution in [1.82, 2.24) is 0 Å². The standard InChI is InChI=1S/C14H21ClFNO/c1-3-5-14(18-4-2)13(17)9-10-8-11(16)6-7-12(10)15/h6-8,13-14H,3-5,9,17H2,1-2H3. The minimum absolute atomic E-state index is 0.000617. The second-order valence-corrected chi connectivity index (χ2v) is 4.79. The average molecular weight is 274 g/mol. The molecule has 1 rings (SSSR count). The molecule has 2 unspecified atom stereocenters. The van der Waals surface area contributed by atoms with Gasteiger partial charge in [0.05, 0.1) is 6.10 Å². The Hall–Kier alpha value is -0.640. The highest BCUT2D eigenvalue weighted by atomic mass is 35.5. The Morgan fingerprint density at radius 3 is 2.72 bits per heavy atom. The number of nitrogens with two attached hydrogens (primary N) is 1. The molecule has 0 fully saturated rings. The van der Waals surface area contributed by atoms with Gasteiger partial charge in [0.2, 0.25) is 0 Å². The van der Waals surface area contributed by atoms with E-state index in [1.165, 1.54) is 12.1 Å². The first-order chi connectivity index (χ1) is 8.58. The van der Waals surface area contributed by atoms with Gasteiger partial charge < -0.3 is 10.5 Å². The van der Waals surface area contributed by atoms with Crippen LogP contribution in [0.15, 0.2) is 18.2 Å². The van der Waals surface area contributed by atoms with E-state index in [1.807, 2.05) is 6.92 Å². The highest BCUT2D eigenvalue weighted by Gasteiger charge is 2.18. The minimum Gasteiger partial charge on any atom is -0.377 e. The van der Waals surface area contributed by atoms with Crippen molar-refractivity contribution in [3.63, 3.8) is 0 Å². The number of benzene rings is 1. The van der Waals surface area contributed by atoms with E-state index in [0.29, 0.717) is 18.1 Å². The van der Waals surface area contributed by atoms with Crippen LogP contribution < -0.4 is 5.73 Å². The molecule has 1 aromatic carbocycles. The maximum absolute atomic E-state index is 13.2. The van der Waals surface area contributed by atoms with E-state index in [9.17, 15) is 4.39 Å². The number of ether oxygens (including phenoxy) is 1. The van der Waals surface area contributed by atoms with Crippen LogP contribution in [0.25, 0.3) is 0 Å². The summed E-state index contributed by atoms with van der Waals surface area (Å²) in [5.74, 6) is -0.287. The lowest BCUT2D eigenvalue weighted by Crippen LogP contribution is -2.38. The third-order valence-corrected chi connectivity index (χ3v) is 3.26. The van der Waals surface area contributed by atoms with Gasteiger partial charge in [-0.15, -0.1) is 0 Å². The SMILES string of the molecule is CCCC(OCC)C(N)Cc1cc(F)ccc1Cl. The zero-order chi connectivity index (χ0) is 13.5. The molecule has 0 aliphatic heterocycles. The van der Waals surface area contributed by atoms with Gasteiger partial charge in [-0.2, -0.15) is 0 Å². The molecule has 102 valence electrons. The fraction of sp³-hybridized carbons (Fsp3) is 0.571. The molecule has 0 amide bonds. The molecule has 0 aromatic heterocycles. The van der Waals surface area contributed by atoms with Crippen molar-refractivity contribution in [3.8, 4) is 0 Å². The average Bonchev–Trinajstić information content (AvgIpc) is 2.33. The molecule has 0 bridgehead atoms. The van der Waals surface area contributed by atoms with Gasteiger partial charge in [0.15, 0.2) is 0 Å². The molecule has 0 aliphatic rings. The zero-order valence-electron chi connectivity index (χ0n) is 11.0. The smallest absolute Gasteiger partial charge is 0.123 e. The normalized spacial score (nSPS) is 14.5. The maximum atomic E-state index is 13.2. The van der Waals surface area contributed by atoms with Crippen LogP contribution in [0.4, 0.5) is 4.39 Å². The van der Waals surface area contributed by atoms with Crippen LogP contribution in [0.5, 0.6) is 0 Å². The molecule has 2 nitrogen and oxygen atoms in total. The summed E-state index contributed by atoms with van der Waals surface area (Å²) in [6.45, 7) is 4.67. The van der Waals surface area contributed by atoms with Crippen LogP contribution in [0.2, 0.25) is 5.02 Å². The van der Waals surface area contributed by atoms with E-state index < -0.39 is 0 Å². The summed E-state index contributed by atoms with van der Waals surface area (Å²) in [5.41, 5.74) is 6.88. The molecule has 0 saturated heterocycles. The van der Waals surface area contributed by atoms with E-state index >= 15 is 0 Å². The van der Waals surface area contributed by atoms with Crippen molar-refractivity contribution in [2.75, 3.05) is 6.61 Å². The monoisotopic (exact) mass is 273 g/mol. The largest absolute Gasteiger partial charge is 0.377 e. The van der Waals surface area contributed by atoms with Crippen molar-refractivity contribution in [2.24, 2.45) is 5.73 Å². The summed E-state index contributed by atoms with van der Waals surface area (Å²) >= 11 is 6.04. The van der Waals surface area contributed by atoms with E-state index in [1.54, 1.807) is 6.07 Å². The number of rotatable bonds is 7. The fourth-order valence-corrected chi connectivity index (χ4v) is 2.20. The van der Waals surface area contributed by atoms with Crippen molar-refractivity contribution < 1.29 is 9.13 Å². The zero-order valence-corrected chi connectivity index (χ0v) is 11.7. The lowest BCUT2D eigenvalue weighted by atomic mass is 9.99. The molecule has 18 heavy (non-hydrogen) atoms. The molecular weight excluding hydrogens is 253 g/mol. The van der Waals surface area contributed by atoms with E-state index in [0.717, 1.165) is 18.4 Å². The summed E-state index contributed by atoms with van der Waals surface area (Å²) in [6, 6.07) is 4.19. The van der Waals surface area contributed by atoms with Crippen LogP contribution in [0, 0.1) is 5.82 Å². The number of hydrogen-bond acceptors (Lipinski definition) is 2. The predicted octanol–water partition coefficient (Wildman–Crippen LogP) is 3.55. The van der Waals surface area contributed by atoms with E-state index in [4.69, 9.17) is 22.1 Å². The predicted molar refractivity (Wildman–Crippen MR) is 73.4 cm³/mol. The van der Waals surface area contributed by atoms with Gasteiger partial charge in [-0.25, -0.2) is 4.39 Å². The van der Waals surface area contributed by atoms with Gasteiger partial charge in [0.25, 0.3) is 0 Å². The second-order valence-electron chi connectivity index (χ2n) is 4.39. The lowest BCUT2D eigenvalue weighted by Gasteiger charge is -2.23. The summed E-state index contributed by atoms with van der Waals surface area (Å²) in [6.07, 6.45) is 2.44. The highest BCUT2D eigenvalue weighted by molar-refractivity contribution is 6.31. The first kappa shape index (κ1) is 15.4. The van der Waals surface area contributed by atoms with Crippen LogP contribution in [-0.2, 0) is 11.2 Å². The van der Waals surface area contributed by atoms with E-state index in [-0.39, 0.29) is 18.0 Å². The molecule has 2 atom stereocenters. The summed E-state index contributed by atoms with van der Waals surface area (Å²) in [7, 11) is 0. The molecule has 0 heterocycles. The Labute approximate surface area is 113 Å². The highest BCUT2D eigenvalue weighted by Crippen LogP contribution is 2.20. The molecule has 0 spiro atoms. The summed E-state index contributed by atoms with van der Waals surface area (Å²) < 4.78 is 18.8. The van der Waals surface area contributed by atoms with Crippen molar-refractivity contribution in [3.05, 3.63) is 34.6 Å². The Kier molecular flexibility index (Phi) is 6.61. The van der Waals surface area contributed by atoms with Gasteiger partial charge in [0, 0.05) is 17.7 Å². The summed E-state index contributed by atoms with van der Waals surface area (Å²) in [4.78, 5) is 0. The molecule has 2 N–H and O–H groups in total. The minimum atomic E-state index is -0.287. The van der Waals surface area contributed by atoms with Crippen LogP contribution in [0.3, 0.4) is 0 Å². The molecule has 0 saturated carbocycles. The first-order valence-corrected chi connectivity index (χ1v) is 6.77. The maximum Gasteiger partial charge on any atom is 0.123 e. The van der Waals surface area contributed by atoms with Crippen LogP contribution >= 0.6 is 11.6 Å². The van der Waals surface area contributed by atoms with Crippen molar-refractivity contribution >= 4 is 11.6 Å². The molecule has 4 heteroatoms. The lowest BCUT2D eigenvalue weighted by molar-refractivity contribution is 0.0378. The molecule has 1 aromatic rings. The van der Waals surface area contributed by atoms with Crippen molar-refractivity contribution in [2.45, 2.75) is 45.3 Å². The van der Waals surface area contributed by atoms with E-state index in [2.05, 4.69) is 6.92 Å². The molecule has 0 radical (unpaired) electrons. The Bertz CT molecular complexity index is 367. The van der Waals surface area contributed by atoms with Gasteiger partial charge >= 0.3 is 0 Å². The second kappa shape index (κ2) is 7.72. The Morgan fingerprint density at radius 2 is 2.11 bits per heavy atom. The summed E-state index contributed by atoms with van der Waals surface area (Å²) in [5, 5.41) is 0.554. The van der Waals surface area contributed by atoms with Gasteiger partial charge in [-0.05, 0) is 43.5 Å². The third kappa shape index (κ3) is 4.56. The number of halogens is 2. The fourth-order valence-electron chi connectivity index (χ4n) is 2.00. The van der Waals surface area contributed by atoms with Crippen LogP contribution in [-0.4, -0.2) is 18.8 Å². The topological polar surface area (TPSA) is 35.2 Å². The Balaban J connectivity index is 2.71. The Morgan fingerprint density at radius 1 is 1.39 bits per heavy atom. The molecule has 0 aliphatic carbocycles. The van der Waals surface area contributed by atoms with Gasteiger partial charge in [-0.3, -0.25) is 0 Å². The van der Waals surface area contributed by atoms with Crippen molar-refractivity contribution in [1.29, 1.82) is 0 Å². The first-order valence-electron chi connectivity index (χ1n) is 6.39. The van der Waals surface area contributed by atoms with Gasteiger partial charge in [-0.1, -0.05) is 24.9 Å². The quantitative estimate of drug-likeness (QED) is 0.824. The number of hydrogen-bond donors (Lipinski definition) is 1.